The number of amides is 2. The molecular weight excluding hydrogens is 340 g/mol. The number of thiazole rings is 1. The summed E-state index contributed by atoms with van der Waals surface area (Å²) in [6, 6.07) is 1.90. The number of hydrogen-bond acceptors (Lipinski definition) is 7. The minimum Gasteiger partial charge on any atom is -0.342 e. The monoisotopic (exact) mass is 360 g/mol. The Labute approximate surface area is 149 Å². The Morgan fingerprint density at radius 3 is 2.52 bits per heavy atom. The number of nitrogens with zero attached hydrogens (tertiary/aromatic N) is 5. The number of anilines is 2. The van der Waals surface area contributed by atoms with Gasteiger partial charge in [0.05, 0.1) is 12.1 Å². The van der Waals surface area contributed by atoms with Crippen LogP contribution in [0.4, 0.5) is 11.1 Å². The van der Waals surface area contributed by atoms with Gasteiger partial charge in [0, 0.05) is 42.9 Å². The lowest BCUT2D eigenvalue weighted by Crippen LogP contribution is -2.48. The van der Waals surface area contributed by atoms with E-state index in [1.807, 2.05) is 25.3 Å². The SMILES string of the molecule is Cc1cc(C)nc(Nc2nc(CC(=O)N3CCN(C=O)CC3)cs2)n1. The van der Waals surface area contributed by atoms with Gasteiger partial charge in [-0.05, 0) is 19.9 Å². The minimum absolute atomic E-state index is 0.0325. The zero-order valence-corrected chi connectivity index (χ0v) is 15.0. The molecule has 0 spiro atoms. The first-order valence-electron chi connectivity index (χ1n) is 8.04. The summed E-state index contributed by atoms with van der Waals surface area (Å²) in [5, 5.41) is 5.62. The van der Waals surface area contributed by atoms with Crippen LogP contribution in [0.1, 0.15) is 17.1 Å². The second-order valence-electron chi connectivity index (χ2n) is 5.94. The number of rotatable bonds is 5. The highest BCUT2D eigenvalue weighted by Crippen LogP contribution is 2.20. The van der Waals surface area contributed by atoms with Gasteiger partial charge in [0.2, 0.25) is 18.3 Å². The van der Waals surface area contributed by atoms with Crippen molar-refractivity contribution >= 4 is 34.7 Å². The quantitative estimate of drug-likeness (QED) is 0.804. The Morgan fingerprint density at radius 1 is 1.20 bits per heavy atom. The average molecular weight is 360 g/mol. The second kappa shape index (κ2) is 7.56. The van der Waals surface area contributed by atoms with E-state index < -0.39 is 0 Å². The zero-order valence-electron chi connectivity index (χ0n) is 14.2. The van der Waals surface area contributed by atoms with Crippen molar-refractivity contribution < 1.29 is 9.59 Å². The topological polar surface area (TPSA) is 91.3 Å². The summed E-state index contributed by atoms with van der Waals surface area (Å²) < 4.78 is 0. The molecule has 0 saturated carbocycles. The number of piperazine rings is 1. The molecule has 0 bridgehead atoms. The highest BCUT2D eigenvalue weighted by molar-refractivity contribution is 7.13. The van der Waals surface area contributed by atoms with Crippen LogP contribution in [0.3, 0.4) is 0 Å². The van der Waals surface area contributed by atoms with Crippen LogP contribution in [-0.2, 0) is 16.0 Å². The molecule has 3 heterocycles. The molecule has 1 saturated heterocycles. The lowest BCUT2D eigenvalue weighted by molar-refractivity contribution is -0.134. The molecule has 0 aromatic carbocycles. The first-order chi connectivity index (χ1) is 12.0. The smallest absolute Gasteiger partial charge is 0.229 e. The van der Waals surface area contributed by atoms with E-state index in [2.05, 4.69) is 20.3 Å². The number of carbonyl (C=O) groups is 2. The zero-order chi connectivity index (χ0) is 17.8. The molecule has 0 radical (unpaired) electrons. The van der Waals surface area contributed by atoms with E-state index in [1.165, 1.54) is 11.3 Å². The molecule has 1 fully saturated rings. The van der Waals surface area contributed by atoms with Gasteiger partial charge >= 0.3 is 0 Å². The van der Waals surface area contributed by atoms with Crippen LogP contribution in [0.5, 0.6) is 0 Å². The van der Waals surface area contributed by atoms with E-state index in [0.29, 0.717) is 37.3 Å². The molecule has 2 aromatic heterocycles. The van der Waals surface area contributed by atoms with Gasteiger partial charge in [0.15, 0.2) is 5.13 Å². The summed E-state index contributed by atoms with van der Waals surface area (Å²) in [7, 11) is 0. The maximum Gasteiger partial charge on any atom is 0.229 e. The number of nitrogens with one attached hydrogen (secondary N) is 1. The number of aromatic nitrogens is 3. The number of aryl methyl sites for hydroxylation is 2. The molecule has 132 valence electrons. The van der Waals surface area contributed by atoms with Crippen molar-refractivity contribution in [2.24, 2.45) is 0 Å². The van der Waals surface area contributed by atoms with Gasteiger partial charge in [-0.15, -0.1) is 11.3 Å². The van der Waals surface area contributed by atoms with Crippen molar-refractivity contribution in [2.75, 3.05) is 31.5 Å². The van der Waals surface area contributed by atoms with Gasteiger partial charge < -0.3 is 15.1 Å². The standard InChI is InChI=1S/C16H20N6O2S/c1-11-7-12(2)18-15(17-11)20-16-19-13(9-25-16)8-14(24)22-5-3-21(10-23)4-6-22/h7,9-10H,3-6,8H2,1-2H3,(H,17,18,19,20). The highest BCUT2D eigenvalue weighted by atomic mass is 32.1. The molecule has 2 aromatic rings. The van der Waals surface area contributed by atoms with E-state index in [1.54, 1.807) is 9.80 Å². The molecular formula is C16H20N6O2S. The third-order valence-electron chi connectivity index (χ3n) is 3.90. The molecule has 25 heavy (non-hydrogen) atoms. The fourth-order valence-corrected chi connectivity index (χ4v) is 3.37. The third kappa shape index (κ3) is 4.50. The van der Waals surface area contributed by atoms with Crippen molar-refractivity contribution in [1.29, 1.82) is 0 Å². The Morgan fingerprint density at radius 2 is 1.88 bits per heavy atom. The molecule has 2 amide bonds. The fraction of sp³-hybridized carbons (Fsp3) is 0.438. The predicted octanol–water partition coefficient (Wildman–Crippen LogP) is 1.14. The molecule has 9 heteroatoms. The van der Waals surface area contributed by atoms with Crippen LogP contribution in [0.15, 0.2) is 11.4 Å². The summed E-state index contributed by atoms with van der Waals surface area (Å²) >= 11 is 1.42. The van der Waals surface area contributed by atoms with Crippen LogP contribution < -0.4 is 5.32 Å². The Kier molecular flexibility index (Phi) is 5.22. The van der Waals surface area contributed by atoms with Gasteiger partial charge in [-0.3, -0.25) is 9.59 Å². The first-order valence-corrected chi connectivity index (χ1v) is 8.92. The molecule has 1 aliphatic rings. The summed E-state index contributed by atoms with van der Waals surface area (Å²) in [5.74, 6) is 0.541. The maximum absolute atomic E-state index is 12.4. The molecule has 3 rings (SSSR count). The van der Waals surface area contributed by atoms with E-state index in [-0.39, 0.29) is 12.3 Å². The molecule has 0 atom stereocenters. The maximum atomic E-state index is 12.4. The van der Waals surface area contributed by atoms with E-state index in [0.717, 1.165) is 23.5 Å². The van der Waals surface area contributed by atoms with E-state index >= 15 is 0 Å². The van der Waals surface area contributed by atoms with Crippen molar-refractivity contribution in [2.45, 2.75) is 20.3 Å². The van der Waals surface area contributed by atoms with Gasteiger partial charge in [-0.2, -0.15) is 0 Å². The lowest BCUT2D eigenvalue weighted by Gasteiger charge is -2.32. The van der Waals surface area contributed by atoms with Gasteiger partial charge in [0.25, 0.3) is 0 Å². The van der Waals surface area contributed by atoms with Crippen molar-refractivity contribution in [3.63, 3.8) is 0 Å². The van der Waals surface area contributed by atoms with Crippen molar-refractivity contribution in [3.8, 4) is 0 Å². The number of hydrogen-bond donors (Lipinski definition) is 1. The Balaban J connectivity index is 1.58. The van der Waals surface area contributed by atoms with Crippen LogP contribution in [0.25, 0.3) is 0 Å². The first kappa shape index (κ1) is 17.3. The van der Waals surface area contributed by atoms with E-state index in [4.69, 9.17) is 0 Å². The molecule has 1 N–H and O–H groups in total. The van der Waals surface area contributed by atoms with Gasteiger partial charge in [-0.25, -0.2) is 15.0 Å². The minimum atomic E-state index is 0.0325. The average Bonchev–Trinajstić information content (AvgIpc) is 3.00. The summed E-state index contributed by atoms with van der Waals surface area (Å²) in [6.07, 6.45) is 1.09. The Hall–Kier alpha value is -2.55. The highest BCUT2D eigenvalue weighted by Gasteiger charge is 2.21. The molecule has 0 unspecified atom stereocenters. The summed E-state index contributed by atoms with van der Waals surface area (Å²) in [4.78, 5) is 39.6. The second-order valence-corrected chi connectivity index (χ2v) is 6.80. The van der Waals surface area contributed by atoms with Gasteiger partial charge in [0.1, 0.15) is 0 Å². The summed E-state index contributed by atoms with van der Waals surface area (Å²) in [5.41, 5.74) is 2.49. The number of carbonyl (C=O) groups excluding carboxylic acids is 2. The fourth-order valence-electron chi connectivity index (χ4n) is 2.67. The van der Waals surface area contributed by atoms with Crippen LogP contribution in [0, 0.1) is 13.8 Å². The predicted molar refractivity (Wildman–Crippen MR) is 94.8 cm³/mol. The van der Waals surface area contributed by atoms with Crippen LogP contribution >= 0.6 is 11.3 Å². The normalized spacial score (nSPS) is 14.5. The van der Waals surface area contributed by atoms with Crippen molar-refractivity contribution in [3.05, 3.63) is 28.5 Å². The van der Waals surface area contributed by atoms with E-state index in [9.17, 15) is 9.59 Å². The molecule has 8 nitrogen and oxygen atoms in total. The molecule has 0 aliphatic carbocycles. The van der Waals surface area contributed by atoms with Crippen LogP contribution in [0.2, 0.25) is 0 Å². The van der Waals surface area contributed by atoms with Gasteiger partial charge in [-0.1, -0.05) is 0 Å². The Bertz CT molecular complexity index is 749. The lowest BCUT2D eigenvalue weighted by atomic mass is 10.2. The summed E-state index contributed by atoms with van der Waals surface area (Å²) in [6.45, 7) is 6.14. The third-order valence-corrected chi connectivity index (χ3v) is 4.71. The largest absolute Gasteiger partial charge is 0.342 e. The van der Waals surface area contributed by atoms with Crippen molar-refractivity contribution in [1.82, 2.24) is 24.8 Å². The molecule has 1 aliphatic heterocycles. The van der Waals surface area contributed by atoms with Crippen LogP contribution in [-0.4, -0.2) is 63.2 Å².